The number of aromatic nitrogens is 3. The van der Waals surface area contributed by atoms with Gasteiger partial charge in [0.2, 0.25) is 0 Å². The molecule has 2 rings (SSSR count). The summed E-state index contributed by atoms with van der Waals surface area (Å²) in [7, 11) is 0. The Hall–Kier alpha value is -1.42. The molecular weight excluding hydrogens is 416 g/mol. The predicted octanol–water partition coefficient (Wildman–Crippen LogP) is 9.31. The first-order valence-corrected chi connectivity index (χ1v) is 14.8. The van der Waals surface area contributed by atoms with Crippen molar-refractivity contribution in [1.29, 1.82) is 0 Å². The van der Waals surface area contributed by atoms with Gasteiger partial charge in [0, 0.05) is 13.1 Å². The van der Waals surface area contributed by atoms with Gasteiger partial charge in [0.25, 0.3) is 0 Å². The minimum Gasteiger partial charge on any atom is -0.282 e. The van der Waals surface area contributed by atoms with Crippen LogP contribution in [0.15, 0.2) is 24.3 Å². The molecule has 0 aliphatic heterocycles. The summed E-state index contributed by atoms with van der Waals surface area (Å²) in [4.78, 5) is 2.66. The topological polar surface area (TPSA) is 34.0 Å². The maximum absolute atomic E-state index is 4.53. The van der Waals surface area contributed by atoms with Gasteiger partial charge in [-0.2, -0.15) is 0 Å². The molecule has 0 fully saturated rings. The number of fused-ring (bicyclic) bond motifs is 1. The highest BCUT2D eigenvalue weighted by Crippen LogP contribution is 2.21. The molecule has 0 amide bonds. The summed E-state index contributed by atoms with van der Waals surface area (Å²) in [5.74, 6) is 0. The molecule has 1 heterocycles. The summed E-state index contributed by atoms with van der Waals surface area (Å²) < 4.78 is 2.14. The van der Waals surface area contributed by atoms with Crippen molar-refractivity contribution in [3.05, 3.63) is 24.3 Å². The third-order valence-corrected chi connectivity index (χ3v) is 7.36. The van der Waals surface area contributed by atoms with Gasteiger partial charge >= 0.3 is 0 Å². The van der Waals surface area contributed by atoms with Gasteiger partial charge in [-0.3, -0.25) is 4.90 Å². The van der Waals surface area contributed by atoms with Crippen LogP contribution in [0.1, 0.15) is 143 Å². The molecule has 4 heteroatoms. The van der Waals surface area contributed by atoms with Gasteiger partial charge in [0.15, 0.2) is 0 Å². The molecule has 0 N–H and O–H groups in total. The van der Waals surface area contributed by atoms with Crippen LogP contribution >= 0.6 is 0 Å². The molecule has 194 valence electrons. The van der Waals surface area contributed by atoms with Gasteiger partial charge in [-0.25, -0.2) is 4.68 Å². The highest BCUT2D eigenvalue weighted by molar-refractivity contribution is 5.73. The predicted molar refractivity (Wildman–Crippen MR) is 148 cm³/mol. The maximum atomic E-state index is 4.53. The first-order chi connectivity index (χ1) is 16.8. The van der Waals surface area contributed by atoms with Crippen LogP contribution in [0.5, 0.6) is 0 Å². The normalized spacial score (nSPS) is 12.7. The first-order valence-electron chi connectivity index (χ1n) is 14.8. The lowest BCUT2D eigenvalue weighted by molar-refractivity contribution is 0.138. The van der Waals surface area contributed by atoms with Crippen LogP contribution in [0.25, 0.3) is 11.0 Å². The highest BCUT2D eigenvalue weighted by Gasteiger charge is 2.18. The molecule has 0 bridgehead atoms. The Morgan fingerprint density at radius 1 is 0.647 bits per heavy atom. The minimum atomic E-state index is 0.260. The summed E-state index contributed by atoms with van der Waals surface area (Å²) in [5.41, 5.74) is 2.15. The third kappa shape index (κ3) is 11.3. The van der Waals surface area contributed by atoms with Crippen LogP contribution in [-0.4, -0.2) is 33.0 Å². The van der Waals surface area contributed by atoms with Crippen LogP contribution in [0.3, 0.4) is 0 Å². The molecule has 4 nitrogen and oxygen atoms in total. The number of benzene rings is 1. The number of para-hydroxylation sites is 1. The summed E-state index contributed by atoms with van der Waals surface area (Å²) in [5, 5.41) is 8.94. The van der Waals surface area contributed by atoms with E-state index in [1.807, 2.05) is 6.07 Å². The molecule has 1 unspecified atom stereocenters. The summed E-state index contributed by atoms with van der Waals surface area (Å²) in [6, 6.07) is 8.37. The van der Waals surface area contributed by atoms with Crippen LogP contribution in [0.4, 0.5) is 0 Å². The highest BCUT2D eigenvalue weighted by atomic mass is 15.5. The molecule has 1 aromatic carbocycles. The van der Waals surface area contributed by atoms with E-state index >= 15 is 0 Å². The molecular formula is C30H54N4. The Labute approximate surface area is 210 Å². The number of hydrogen-bond acceptors (Lipinski definition) is 3. The minimum absolute atomic E-state index is 0.260. The molecule has 0 spiro atoms. The van der Waals surface area contributed by atoms with E-state index in [1.165, 1.54) is 129 Å². The molecule has 0 saturated heterocycles. The van der Waals surface area contributed by atoms with Crippen molar-refractivity contribution in [1.82, 2.24) is 19.9 Å². The van der Waals surface area contributed by atoms with E-state index in [1.54, 1.807) is 0 Å². The Balaban J connectivity index is 1.75. The van der Waals surface area contributed by atoms with Gasteiger partial charge in [0.05, 0.1) is 5.52 Å². The SMILES string of the molecule is CCCCCCCCCCCN(CCCCCCCCCCC)C(C)n1nnc2ccccc21. The van der Waals surface area contributed by atoms with Crippen molar-refractivity contribution in [3.63, 3.8) is 0 Å². The van der Waals surface area contributed by atoms with E-state index in [-0.39, 0.29) is 6.17 Å². The number of unbranched alkanes of at least 4 members (excludes halogenated alkanes) is 16. The van der Waals surface area contributed by atoms with Crippen LogP contribution < -0.4 is 0 Å². The summed E-state index contributed by atoms with van der Waals surface area (Å²) in [6.45, 7) is 9.24. The van der Waals surface area contributed by atoms with Crippen LogP contribution in [-0.2, 0) is 0 Å². The van der Waals surface area contributed by atoms with E-state index in [4.69, 9.17) is 0 Å². The van der Waals surface area contributed by atoms with Gasteiger partial charge in [-0.15, -0.1) is 5.10 Å². The zero-order valence-corrected chi connectivity index (χ0v) is 22.8. The standard InChI is InChI=1S/C30H54N4/c1-4-6-8-10-12-14-16-18-22-26-33(27-23-19-17-15-13-11-9-7-5-2)28(3)34-30-25-21-20-24-29(30)31-32-34/h20-21,24-25,28H,4-19,22-23,26-27H2,1-3H3. The fourth-order valence-electron chi connectivity index (χ4n) is 5.05. The van der Waals surface area contributed by atoms with Crippen LogP contribution in [0, 0.1) is 0 Å². The second kappa shape index (κ2) is 18.9. The lowest BCUT2D eigenvalue weighted by Crippen LogP contribution is -2.33. The summed E-state index contributed by atoms with van der Waals surface area (Å²) >= 11 is 0. The lowest BCUT2D eigenvalue weighted by Gasteiger charge is -2.29. The molecule has 1 aromatic heterocycles. The molecule has 1 atom stereocenters. The fourth-order valence-corrected chi connectivity index (χ4v) is 5.05. The molecule has 0 saturated carbocycles. The number of rotatable bonds is 22. The Morgan fingerprint density at radius 3 is 1.59 bits per heavy atom. The fraction of sp³-hybridized carbons (Fsp3) is 0.800. The van der Waals surface area contributed by atoms with E-state index in [2.05, 4.69) is 58.9 Å². The van der Waals surface area contributed by atoms with Gasteiger partial charge in [-0.1, -0.05) is 134 Å². The van der Waals surface area contributed by atoms with Crippen molar-refractivity contribution >= 4 is 11.0 Å². The van der Waals surface area contributed by atoms with Crippen molar-refractivity contribution in [2.24, 2.45) is 0 Å². The average Bonchev–Trinajstić information content (AvgIpc) is 3.29. The monoisotopic (exact) mass is 470 g/mol. The molecule has 0 aliphatic rings. The Morgan fingerprint density at radius 2 is 1.09 bits per heavy atom. The zero-order valence-electron chi connectivity index (χ0n) is 22.8. The zero-order chi connectivity index (χ0) is 24.3. The molecule has 34 heavy (non-hydrogen) atoms. The van der Waals surface area contributed by atoms with E-state index in [0.29, 0.717) is 0 Å². The van der Waals surface area contributed by atoms with Crippen molar-refractivity contribution < 1.29 is 0 Å². The van der Waals surface area contributed by atoms with Crippen molar-refractivity contribution in [2.75, 3.05) is 13.1 Å². The van der Waals surface area contributed by atoms with E-state index in [9.17, 15) is 0 Å². The number of hydrogen-bond donors (Lipinski definition) is 0. The second-order valence-corrected chi connectivity index (χ2v) is 10.3. The molecule has 0 aliphatic carbocycles. The Kier molecular flexibility index (Phi) is 16.0. The first kappa shape index (κ1) is 28.8. The molecule has 2 aromatic rings. The maximum Gasteiger partial charge on any atom is 0.113 e. The van der Waals surface area contributed by atoms with Gasteiger partial charge in [0.1, 0.15) is 11.7 Å². The molecule has 0 radical (unpaired) electrons. The second-order valence-electron chi connectivity index (χ2n) is 10.3. The van der Waals surface area contributed by atoms with E-state index in [0.717, 1.165) is 11.0 Å². The van der Waals surface area contributed by atoms with Crippen molar-refractivity contribution in [2.45, 2.75) is 143 Å². The smallest absolute Gasteiger partial charge is 0.113 e. The largest absolute Gasteiger partial charge is 0.282 e. The lowest BCUT2D eigenvalue weighted by atomic mass is 10.1. The Bertz CT molecular complexity index is 703. The third-order valence-electron chi connectivity index (χ3n) is 7.36. The summed E-state index contributed by atoms with van der Waals surface area (Å²) in [6.07, 6.45) is 25.2. The average molecular weight is 471 g/mol. The number of nitrogens with zero attached hydrogens (tertiary/aromatic N) is 4. The van der Waals surface area contributed by atoms with Crippen molar-refractivity contribution in [3.8, 4) is 0 Å². The van der Waals surface area contributed by atoms with Gasteiger partial charge < -0.3 is 0 Å². The quantitative estimate of drug-likeness (QED) is 0.161. The van der Waals surface area contributed by atoms with E-state index < -0.39 is 0 Å². The van der Waals surface area contributed by atoms with Gasteiger partial charge in [-0.05, 0) is 31.9 Å². The van der Waals surface area contributed by atoms with Crippen LogP contribution in [0.2, 0.25) is 0 Å².